The summed E-state index contributed by atoms with van der Waals surface area (Å²) in [7, 11) is -3.26. The summed E-state index contributed by atoms with van der Waals surface area (Å²) in [6.07, 6.45) is 2.38. The third kappa shape index (κ3) is 4.14. The molecule has 1 saturated carbocycles. The predicted molar refractivity (Wildman–Crippen MR) is 90.5 cm³/mol. The number of nitrogens with one attached hydrogen (secondary N) is 1. The van der Waals surface area contributed by atoms with Crippen molar-refractivity contribution in [2.75, 3.05) is 6.26 Å². The van der Waals surface area contributed by atoms with Gasteiger partial charge in [0.05, 0.1) is 4.90 Å². The maximum Gasteiger partial charge on any atom is 0.266 e. The average Bonchev–Trinajstić information content (AvgIpc) is 3.37. The van der Waals surface area contributed by atoms with E-state index in [4.69, 9.17) is 4.74 Å². The molecule has 6 heteroatoms. The molecule has 1 N–H and O–H groups in total. The van der Waals surface area contributed by atoms with Gasteiger partial charge in [-0.3, -0.25) is 4.79 Å². The van der Waals surface area contributed by atoms with Gasteiger partial charge in [-0.25, -0.2) is 8.42 Å². The Labute approximate surface area is 141 Å². The van der Waals surface area contributed by atoms with Crippen molar-refractivity contribution in [3.8, 4) is 5.75 Å². The number of sulfone groups is 1. The highest BCUT2D eigenvalue weighted by atomic mass is 32.2. The molecule has 24 heavy (non-hydrogen) atoms. The van der Waals surface area contributed by atoms with E-state index >= 15 is 0 Å². The molecule has 1 amide bonds. The zero-order valence-corrected chi connectivity index (χ0v) is 14.1. The Bertz CT molecular complexity index is 812. The summed E-state index contributed by atoms with van der Waals surface area (Å²) in [5.74, 6) is 0.262. The van der Waals surface area contributed by atoms with Crippen LogP contribution in [0.2, 0.25) is 0 Å². The number of ether oxygens (including phenoxy) is 1. The van der Waals surface area contributed by atoms with Crippen LogP contribution in [0.4, 0.5) is 0 Å². The smallest absolute Gasteiger partial charge is 0.266 e. The molecule has 0 radical (unpaired) electrons. The van der Waals surface area contributed by atoms with Gasteiger partial charge in [0.1, 0.15) is 5.75 Å². The molecule has 2 aromatic carbocycles. The monoisotopic (exact) mass is 345 g/mol. The lowest BCUT2D eigenvalue weighted by Gasteiger charge is -2.19. The van der Waals surface area contributed by atoms with Crippen LogP contribution < -0.4 is 10.1 Å². The molecule has 0 heterocycles. The number of hydrogen-bond donors (Lipinski definition) is 1. The van der Waals surface area contributed by atoms with Gasteiger partial charge in [0.25, 0.3) is 5.91 Å². The van der Waals surface area contributed by atoms with Crippen LogP contribution in [0.25, 0.3) is 0 Å². The fourth-order valence-electron chi connectivity index (χ4n) is 2.31. The molecule has 0 spiro atoms. The first-order chi connectivity index (χ1) is 11.4. The minimum absolute atomic E-state index is 0.184. The molecule has 0 bridgehead atoms. The number of rotatable bonds is 6. The van der Waals surface area contributed by atoms with Gasteiger partial charge in [0, 0.05) is 17.9 Å². The number of benzene rings is 2. The standard InChI is InChI=1S/C18H19NO4S/c1-24(21,22)16-11-9-15(10-12-16)23-17(13-5-3-2-4-6-13)18(20)19-14-7-8-14/h2-6,9-12,14,17H,7-8H2,1H3,(H,19,20). The van der Waals surface area contributed by atoms with Gasteiger partial charge in [0.2, 0.25) is 6.10 Å². The van der Waals surface area contributed by atoms with E-state index in [1.165, 1.54) is 12.1 Å². The van der Waals surface area contributed by atoms with E-state index in [1.807, 2.05) is 30.3 Å². The molecule has 1 aliphatic carbocycles. The van der Waals surface area contributed by atoms with E-state index in [-0.39, 0.29) is 16.8 Å². The first kappa shape index (κ1) is 16.5. The summed E-state index contributed by atoms with van der Waals surface area (Å²) in [5.41, 5.74) is 0.753. The van der Waals surface area contributed by atoms with Crippen LogP contribution in [0.5, 0.6) is 5.75 Å². The van der Waals surface area contributed by atoms with E-state index in [9.17, 15) is 13.2 Å². The van der Waals surface area contributed by atoms with Gasteiger partial charge >= 0.3 is 0 Å². The average molecular weight is 345 g/mol. The van der Waals surface area contributed by atoms with E-state index in [1.54, 1.807) is 12.1 Å². The second-order valence-corrected chi connectivity index (χ2v) is 7.95. The normalized spacial score (nSPS) is 15.5. The van der Waals surface area contributed by atoms with Gasteiger partial charge in [-0.2, -0.15) is 0 Å². The van der Waals surface area contributed by atoms with Gasteiger partial charge in [0.15, 0.2) is 9.84 Å². The molecule has 2 aromatic rings. The summed E-state index contributed by atoms with van der Waals surface area (Å²) in [6, 6.07) is 15.6. The maximum absolute atomic E-state index is 12.5. The van der Waals surface area contributed by atoms with E-state index in [0.717, 1.165) is 24.7 Å². The van der Waals surface area contributed by atoms with Crippen LogP contribution in [-0.2, 0) is 14.6 Å². The fourth-order valence-corrected chi connectivity index (χ4v) is 2.94. The van der Waals surface area contributed by atoms with Gasteiger partial charge < -0.3 is 10.1 Å². The SMILES string of the molecule is CS(=O)(=O)c1ccc(OC(C(=O)NC2CC2)c2ccccc2)cc1. The summed E-state index contributed by atoms with van der Waals surface area (Å²) < 4.78 is 28.9. The van der Waals surface area contributed by atoms with Crippen LogP contribution >= 0.6 is 0 Å². The summed E-state index contributed by atoms with van der Waals surface area (Å²) in [4.78, 5) is 12.7. The second-order valence-electron chi connectivity index (χ2n) is 5.94. The van der Waals surface area contributed by atoms with Crippen LogP contribution in [0.15, 0.2) is 59.5 Å². The molecule has 1 fully saturated rings. The largest absolute Gasteiger partial charge is 0.476 e. The Balaban J connectivity index is 1.82. The topological polar surface area (TPSA) is 72.5 Å². The fraction of sp³-hybridized carbons (Fsp3) is 0.278. The van der Waals surface area contributed by atoms with Gasteiger partial charge in [-0.1, -0.05) is 30.3 Å². The van der Waals surface area contributed by atoms with Crippen molar-refractivity contribution in [1.29, 1.82) is 0 Å². The van der Waals surface area contributed by atoms with E-state index in [2.05, 4.69) is 5.32 Å². The molecule has 1 unspecified atom stereocenters. The van der Waals surface area contributed by atoms with Crippen LogP contribution in [0, 0.1) is 0 Å². The minimum atomic E-state index is -3.26. The third-order valence-corrected chi connectivity index (χ3v) is 4.90. The van der Waals surface area contributed by atoms with Crippen molar-refractivity contribution in [2.45, 2.75) is 29.9 Å². The van der Waals surface area contributed by atoms with Gasteiger partial charge in [-0.15, -0.1) is 0 Å². The molecule has 5 nitrogen and oxygen atoms in total. The Hall–Kier alpha value is -2.34. The molecule has 0 saturated heterocycles. The van der Waals surface area contributed by atoms with Crippen LogP contribution in [0.3, 0.4) is 0 Å². The molecule has 1 aliphatic rings. The van der Waals surface area contributed by atoms with Crippen molar-refractivity contribution in [3.63, 3.8) is 0 Å². The first-order valence-electron chi connectivity index (χ1n) is 7.75. The highest BCUT2D eigenvalue weighted by molar-refractivity contribution is 7.90. The molecule has 0 aromatic heterocycles. The summed E-state index contributed by atoms with van der Waals surface area (Å²) in [5, 5.41) is 2.95. The Morgan fingerprint density at radius 2 is 1.71 bits per heavy atom. The highest BCUT2D eigenvalue weighted by Crippen LogP contribution is 2.26. The van der Waals surface area contributed by atoms with Crippen molar-refractivity contribution >= 4 is 15.7 Å². The zero-order chi connectivity index (χ0) is 17.2. The zero-order valence-electron chi connectivity index (χ0n) is 13.3. The van der Waals surface area contributed by atoms with Crippen molar-refractivity contribution < 1.29 is 17.9 Å². The summed E-state index contributed by atoms with van der Waals surface area (Å²) >= 11 is 0. The van der Waals surface area contributed by atoms with Crippen molar-refractivity contribution in [3.05, 3.63) is 60.2 Å². The molecule has 3 rings (SSSR count). The molecular weight excluding hydrogens is 326 g/mol. The lowest BCUT2D eigenvalue weighted by molar-refractivity contribution is -0.128. The van der Waals surface area contributed by atoms with Gasteiger partial charge in [-0.05, 0) is 37.1 Å². The number of carbonyl (C=O) groups excluding carboxylic acids is 1. The van der Waals surface area contributed by atoms with Crippen LogP contribution in [0.1, 0.15) is 24.5 Å². The third-order valence-electron chi connectivity index (χ3n) is 3.77. The predicted octanol–water partition coefficient (Wildman–Crippen LogP) is 2.49. The summed E-state index contributed by atoms with van der Waals surface area (Å²) in [6.45, 7) is 0. The quantitative estimate of drug-likeness (QED) is 0.873. The molecule has 0 aliphatic heterocycles. The Morgan fingerprint density at radius 1 is 1.08 bits per heavy atom. The minimum Gasteiger partial charge on any atom is -0.476 e. The van der Waals surface area contributed by atoms with E-state index in [0.29, 0.717) is 5.75 Å². The van der Waals surface area contributed by atoms with E-state index < -0.39 is 15.9 Å². The lowest BCUT2D eigenvalue weighted by Crippen LogP contribution is -2.33. The van der Waals surface area contributed by atoms with Crippen molar-refractivity contribution in [1.82, 2.24) is 5.32 Å². The molecular formula is C18H19NO4S. The Kier molecular flexibility index (Phi) is 4.57. The van der Waals surface area contributed by atoms with Crippen LogP contribution in [-0.4, -0.2) is 26.6 Å². The first-order valence-corrected chi connectivity index (χ1v) is 9.65. The van der Waals surface area contributed by atoms with Crippen molar-refractivity contribution in [2.24, 2.45) is 0 Å². The molecule has 126 valence electrons. The lowest BCUT2D eigenvalue weighted by atomic mass is 10.1. The Morgan fingerprint density at radius 3 is 2.25 bits per heavy atom. The number of hydrogen-bond acceptors (Lipinski definition) is 4. The second kappa shape index (κ2) is 6.65. The maximum atomic E-state index is 12.5. The number of carbonyl (C=O) groups is 1. The number of amides is 1. The molecule has 1 atom stereocenters. The highest BCUT2D eigenvalue weighted by Gasteiger charge is 2.29.